The summed E-state index contributed by atoms with van der Waals surface area (Å²) in [4.78, 5) is 26.1. The van der Waals surface area contributed by atoms with Crippen molar-refractivity contribution in [2.45, 2.75) is 11.1 Å². The van der Waals surface area contributed by atoms with Gasteiger partial charge in [0.1, 0.15) is 22.9 Å². The first-order valence-corrected chi connectivity index (χ1v) is 10.9. The van der Waals surface area contributed by atoms with Crippen LogP contribution in [0.4, 0.5) is 24.5 Å². The van der Waals surface area contributed by atoms with Crippen LogP contribution in [0, 0.1) is 0 Å². The molecule has 0 fully saturated rings. The molecule has 3 aromatic rings. The lowest BCUT2D eigenvalue weighted by Gasteiger charge is -2.22. The summed E-state index contributed by atoms with van der Waals surface area (Å²) < 4.78 is 72.8. The first-order valence-electron chi connectivity index (χ1n) is 9.51. The number of hydrogen-bond donors (Lipinski definition) is 2. The Morgan fingerprint density at radius 1 is 1.15 bits per heavy atom. The highest BCUT2D eigenvalue weighted by Crippen LogP contribution is 2.36. The first-order chi connectivity index (χ1) is 15.5. The molecule has 0 aliphatic carbocycles. The molecule has 2 N–H and O–H groups in total. The Labute approximate surface area is 185 Å². The van der Waals surface area contributed by atoms with Crippen LogP contribution in [0.15, 0.2) is 58.4 Å². The number of ether oxygens (including phenoxy) is 1. The maximum Gasteiger partial charge on any atom is 0.416 e. The number of benzene rings is 2. The van der Waals surface area contributed by atoms with E-state index < -0.39 is 33.4 Å². The van der Waals surface area contributed by atoms with Gasteiger partial charge in [-0.15, -0.1) is 0 Å². The summed E-state index contributed by atoms with van der Waals surface area (Å²) in [6.07, 6.45) is -3.34. The Balaban J connectivity index is 1.67. The van der Waals surface area contributed by atoms with Gasteiger partial charge in [0.25, 0.3) is 15.9 Å². The van der Waals surface area contributed by atoms with E-state index in [2.05, 4.69) is 10.3 Å². The molecule has 0 saturated heterocycles. The van der Waals surface area contributed by atoms with Crippen LogP contribution >= 0.6 is 0 Å². The predicted octanol–water partition coefficient (Wildman–Crippen LogP) is 2.57. The van der Waals surface area contributed by atoms with Gasteiger partial charge in [-0.3, -0.25) is 13.7 Å². The lowest BCUT2D eigenvalue weighted by Crippen LogP contribution is -2.32. The number of hydrogen-bond acceptors (Lipinski definition) is 5. The quantitative estimate of drug-likeness (QED) is 0.596. The average molecular weight is 482 g/mol. The highest BCUT2D eigenvalue weighted by atomic mass is 32.2. The van der Waals surface area contributed by atoms with Crippen LogP contribution in [-0.2, 0) is 23.2 Å². The third kappa shape index (κ3) is 4.18. The van der Waals surface area contributed by atoms with Crippen molar-refractivity contribution in [2.24, 2.45) is 7.05 Å². The smallest absolute Gasteiger partial charge is 0.416 e. The lowest BCUT2D eigenvalue weighted by molar-refractivity contribution is -0.137. The van der Waals surface area contributed by atoms with Gasteiger partial charge in [-0.05, 0) is 42.5 Å². The monoisotopic (exact) mass is 482 g/mol. The van der Waals surface area contributed by atoms with E-state index in [1.54, 1.807) is 0 Å². The molecule has 1 aromatic heterocycles. The Morgan fingerprint density at radius 3 is 2.45 bits per heavy atom. The number of carbonyl (C=O) groups excluding carboxylic acids is 1. The molecule has 0 saturated carbocycles. The van der Waals surface area contributed by atoms with Crippen LogP contribution in [0.25, 0.3) is 0 Å². The van der Waals surface area contributed by atoms with E-state index in [-0.39, 0.29) is 40.9 Å². The number of carbonyl (C=O) groups is 1. The molecule has 0 unspecified atom stereocenters. The molecule has 13 heteroatoms. The minimum absolute atomic E-state index is 0.0282. The molecular weight excluding hydrogens is 465 g/mol. The van der Waals surface area contributed by atoms with Crippen LogP contribution < -0.4 is 20.0 Å². The third-order valence-electron chi connectivity index (χ3n) is 5.04. The number of sulfonamides is 1. The number of rotatable bonds is 3. The van der Waals surface area contributed by atoms with Gasteiger partial charge >= 0.3 is 11.9 Å². The maximum atomic E-state index is 13.3. The zero-order valence-electron chi connectivity index (χ0n) is 17.0. The van der Waals surface area contributed by atoms with Crippen molar-refractivity contribution in [3.8, 4) is 5.75 Å². The number of amides is 1. The summed E-state index contributed by atoms with van der Waals surface area (Å²) in [5.74, 6) is -0.612. The first kappa shape index (κ1) is 22.5. The largest absolute Gasteiger partial charge is 0.490 e. The van der Waals surface area contributed by atoms with Gasteiger partial charge in [0.2, 0.25) is 0 Å². The fourth-order valence-corrected chi connectivity index (χ4v) is 4.92. The molecule has 0 radical (unpaired) electrons. The second-order valence-corrected chi connectivity index (χ2v) is 8.95. The summed E-state index contributed by atoms with van der Waals surface area (Å²) in [6, 6.07) is 7.74. The molecule has 0 atom stereocenters. The molecule has 2 aromatic carbocycles. The Morgan fingerprint density at radius 2 is 1.85 bits per heavy atom. The van der Waals surface area contributed by atoms with E-state index in [0.29, 0.717) is 0 Å². The molecule has 4 rings (SSSR count). The van der Waals surface area contributed by atoms with Crippen LogP contribution in [0.5, 0.6) is 5.75 Å². The Kier molecular flexibility index (Phi) is 5.44. The number of nitrogens with zero attached hydrogens (tertiary/aromatic N) is 2. The highest BCUT2D eigenvalue weighted by Gasteiger charge is 2.34. The normalized spacial score (nSPS) is 15.3. The van der Waals surface area contributed by atoms with Gasteiger partial charge in [-0.2, -0.15) is 13.2 Å². The van der Waals surface area contributed by atoms with E-state index in [1.165, 1.54) is 31.4 Å². The van der Waals surface area contributed by atoms with Crippen molar-refractivity contribution >= 4 is 27.3 Å². The molecule has 1 aliphatic heterocycles. The molecule has 1 aliphatic rings. The number of halogens is 3. The molecule has 33 heavy (non-hydrogen) atoms. The Bertz CT molecular complexity index is 1380. The lowest BCUT2D eigenvalue weighted by atomic mass is 10.2. The van der Waals surface area contributed by atoms with E-state index in [1.807, 2.05) is 0 Å². The standard InChI is InChI=1S/C20H17F3N4O5S/c1-26-15(11-24-19(26)29)18(28)25-13-4-7-16-17(10-13)33(30,31)27(8-9-32-16)14-5-2-12(3-6-14)20(21,22)23/h2-7,10-11H,8-9H2,1H3,(H,24,29)(H,25,28). The van der Waals surface area contributed by atoms with E-state index in [4.69, 9.17) is 4.74 Å². The van der Waals surface area contributed by atoms with Crippen LogP contribution in [0.3, 0.4) is 0 Å². The number of aromatic nitrogens is 2. The minimum atomic E-state index is -4.55. The van der Waals surface area contributed by atoms with Gasteiger partial charge in [0.15, 0.2) is 0 Å². The van der Waals surface area contributed by atoms with Gasteiger partial charge in [0.05, 0.1) is 17.8 Å². The zero-order valence-corrected chi connectivity index (χ0v) is 17.8. The zero-order chi connectivity index (χ0) is 24.0. The number of fused-ring (bicyclic) bond motifs is 1. The number of imidazole rings is 1. The van der Waals surface area contributed by atoms with Crippen molar-refractivity contribution < 1.29 is 31.1 Å². The van der Waals surface area contributed by atoms with Crippen molar-refractivity contribution in [2.75, 3.05) is 22.8 Å². The summed E-state index contributed by atoms with van der Waals surface area (Å²) in [7, 11) is -2.84. The second-order valence-electron chi connectivity index (χ2n) is 7.12. The third-order valence-corrected chi connectivity index (χ3v) is 6.88. The van der Waals surface area contributed by atoms with Crippen molar-refractivity contribution in [3.05, 3.63) is 70.4 Å². The topological polar surface area (TPSA) is 114 Å². The van der Waals surface area contributed by atoms with Crippen molar-refractivity contribution in [1.82, 2.24) is 9.55 Å². The van der Waals surface area contributed by atoms with Gasteiger partial charge in [0, 0.05) is 18.9 Å². The number of nitrogens with one attached hydrogen (secondary N) is 2. The number of aromatic amines is 1. The second kappa shape index (κ2) is 7.99. The Hall–Kier alpha value is -3.74. The molecule has 2 heterocycles. The van der Waals surface area contributed by atoms with E-state index in [9.17, 15) is 31.2 Å². The maximum absolute atomic E-state index is 13.3. The number of H-pyrrole nitrogens is 1. The van der Waals surface area contributed by atoms with Crippen LogP contribution in [-0.4, -0.2) is 37.0 Å². The molecule has 0 bridgehead atoms. The minimum Gasteiger partial charge on any atom is -0.490 e. The van der Waals surface area contributed by atoms with Crippen LogP contribution in [0.1, 0.15) is 16.1 Å². The summed E-state index contributed by atoms with van der Waals surface area (Å²) >= 11 is 0. The number of anilines is 2. The van der Waals surface area contributed by atoms with E-state index in [0.717, 1.165) is 33.1 Å². The molecule has 174 valence electrons. The average Bonchev–Trinajstić information content (AvgIpc) is 3.02. The molecule has 1 amide bonds. The van der Waals surface area contributed by atoms with Crippen molar-refractivity contribution in [1.29, 1.82) is 0 Å². The van der Waals surface area contributed by atoms with Gasteiger partial charge in [-0.25, -0.2) is 13.2 Å². The van der Waals surface area contributed by atoms with Crippen molar-refractivity contribution in [3.63, 3.8) is 0 Å². The fourth-order valence-electron chi connectivity index (χ4n) is 3.31. The van der Waals surface area contributed by atoms with E-state index >= 15 is 0 Å². The van der Waals surface area contributed by atoms with Gasteiger partial charge in [-0.1, -0.05) is 0 Å². The predicted molar refractivity (Wildman–Crippen MR) is 112 cm³/mol. The summed E-state index contributed by atoms with van der Waals surface area (Å²) in [5.41, 5.74) is -1.21. The fraction of sp³-hybridized carbons (Fsp3) is 0.200. The molecular formula is C20H17F3N4O5S. The SMILES string of the molecule is Cn1c(C(=O)Nc2ccc3c(c2)S(=O)(=O)N(c2ccc(C(F)(F)F)cc2)CCO3)c[nH]c1=O. The summed E-state index contributed by atoms with van der Waals surface area (Å²) in [5, 5.41) is 2.52. The summed E-state index contributed by atoms with van der Waals surface area (Å²) in [6.45, 7) is -0.167. The molecule has 9 nitrogen and oxygen atoms in total. The van der Waals surface area contributed by atoms with Crippen LogP contribution in [0.2, 0.25) is 0 Å². The van der Waals surface area contributed by atoms with Gasteiger partial charge < -0.3 is 15.0 Å². The highest BCUT2D eigenvalue weighted by molar-refractivity contribution is 7.93. The number of alkyl halides is 3. The molecule has 0 spiro atoms.